The topological polar surface area (TPSA) is 69.6 Å². The van der Waals surface area contributed by atoms with Gasteiger partial charge in [0.25, 0.3) is 0 Å². The Morgan fingerprint density at radius 2 is 2.10 bits per heavy atom. The molecule has 3 fully saturated rings. The first-order valence-corrected chi connectivity index (χ1v) is 8.46. The summed E-state index contributed by atoms with van der Waals surface area (Å²) < 4.78 is 0. The lowest BCUT2D eigenvalue weighted by atomic mass is 9.70. The van der Waals surface area contributed by atoms with E-state index in [0.717, 1.165) is 25.7 Å². The number of thioether (sulfide) groups is 1. The molecule has 3 rings (SSSR count). The van der Waals surface area contributed by atoms with E-state index in [9.17, 15) is 14.7 Å². The smallest absolute Gasteiger partial charge is 0.327 e. The molecule has 20 heavy (non-hydrogen) atoms. The van der Waals surface area contributed by atoms with Gasteiger partial charge in [0.15, 0.2) is 0 Å². The number of carbonyl (C=O) groups excluding carboxylic acids is 1. The lowest BCUT2D eigenvalue weighted by Gasteiger charge is -2.39. The highest BCUT2D eigenvalue weighted by atomic mass is 32.2. The summed E-state index contributed by atoms with van der Waals surface area (Å²) >= 11 is 1.62. The molecule has 0 spiro atoms. The highest BCUT2D eigenvalue weighted by molar-refractivity contribution is 8.00. The van der Waals surface area contributed by atoms with E-state index in [1.54, 1.807) is 16.7 Å². The fraction of sp³-hybridized carbons (Fsp3) is 0.857. The minimum atomic E-state index is -0.884. The molecule has 0 aromatic rings. The molecule has 2 amide bonds. The Kier molecular flexibility index (Phi) is 3.60. The first-order valence-electron chi connectivity index (χ1n) is 7.41. The molecule has 112 valence electrons. The van der Waals surface area contributed by atoms with Crippen molar-refractivity contribution in [1.82, 2.24) is 10.2 Å². The van der Waals surface area contributed by atoms with E-state index >= 15 is 0 Å². The summed E-state index contributed by atoms with van der Waals surface area (Å²) in [5, 5.41) is 12.3. The largest absolute Gasteiger partial charge is 0.480 e. The molecule has 2 N–H and O–H groups in total. The van der Waals surface area contributed by atoms with Crippen LogP contribution >= 0.6 is 11.8 Å². The van der Waals surface area contributed by atoms with E-state index in [1.165, 1.54) is 6.42 Å². The Morgan fingerprint density at radius 3 is 2.60 bits per heavy atom. The van der Waals surface area contributed by atoms with Gasteiger partial charge in [0, 0.05) is 12.3 Å². The van der Waals surface area contributed by atoms with Crippen molar-refractivity contribution < 1.29 is 14.7 Å². The lowest BCUT2D eigenvalue weighted by Crippen LogP contribution is -2.53. The van der Waals surface area contributed by atoms with Crippen molar-refractivity contribution in [3.63, 3.8) is 0 Å². The summed E-state index contributed by atoms with van der Waals surface area (Å²) in [6.07, 6.45) is 5.76. The van der Waals surface area contributed by atoms with E-state index in [0.29, 0.717) is 18.2 Å². The number of nitrogens with zero attached hydrogens (tertiary/aromatic N) is 1. The Bertz CT molecular complexity index is 421. The highest BCUT2D eigenvalue weighted by Crippen LogP contribution is 2.45. The summed E-state index contributed by atoms with van der Waals surface area (Å²) in [4.78, 5) is 25.4. The zero-order valence-corrected chi connectivity index (χ0v) is 12.6. The number of amides is 2. The number of aliphatic carboxylic acids is 1. The maximum atomic E-state index is 12.4. The Morgan fingerprint density at radius 1 is 1.40 bits per heavy atom. The number of carbonyl (C=O) groups is 2. The Hall–Kier alpha value is -0.910. The van der Waals surface area contributed by atoms with Gasteiger partial charge in [0.2, 0.25) is 0 Å². The summed E-state index contributed by atoms with van der Waals surface area (Å²) in [5.41, 5.74) is 0.219. The zero-order valence-electron chi connectivity index (χ0n) is 11.8. The van der Waals surface area contributed by atoms with Crippen LogP contribution in [0.25, 0.3) is 0 Å². The number of carboxylic acids is 1. The number of rotatable bonds is 4. The van der Waals surface area contributed by atoms with Gasteiger partial charge in [0.05, 0.1) is 5.37 Å². The van der Waals surface area contributed by atoms with E-state index in [1.807, 2.05) is 0 Å². The second kappa shape index (κ2) is 5.13. The molecule has 2 saturated carbocycles. The van der Waals surface area contributed by atoms with Crippen LogP contribution in [0.2, 0.25) is 0 Å². The molecule has 0 bridgehead atoms. The van der Waals surface area contributed by atoms with Crippen LogP contribution in [0, 0.1) is 11.3 Å². The molecule has 3 aliphatic rings. The fourth-order valence-electron chi connectivity index (χ4n) is 3.06. The van der Waals surface area contributed by atoms with E-state index in [4.69, 9.17) is 0 Å². The first kappa shape index (κ1) is 14.0. The highest BCUT2D eigenvalue weighted by Gasteiger charge is 2.48. The second-order valence-corrected chi connectivity index (χ2v) is 7.80. The van der Waals surface area contributed by atoms with Gasteiger partial charge in [0.1, 0.15) is 6.04 Å². The van der Waals surface area contributed by atoms with Crippen LogP contribution in [0.3, 0.4) is 0 Å². The number of hydrogen-bond acceptors (Lipinski definition) is 3. The van der Waals surface area contributed by atoms with Crippen molar-refractivity contribution >= 4 is 23.8 Å². The van der Waals surface area contributed by atoms with Gasteiger partial charge in [-0.05, 0) is 37.0 Å². The van der Waals surface area contributed by atoms with Crippen molar-refractivity contribution in [2.75, 3.05) is 12.3 Å². The molecular formula is C14H22N2O3S. The molecule has 6 heteroatoms. The maximum absolute atomic E-state index is 12.4. The van der Waals surface area contributed by atoms with Gasteiger partial charge in [-0.15, -0.1) is 11.8 Å². The molecule has 0 radical (unpaired) electrons. The number of urea groups is 1. The Balaban J connectivity index is 1.63. The van der Waals surface area contributed by atoms with Crippen molar-refractivity contribution in [2.24, 2.45) is 11.3 Å². The third-order valence-corrected chi connectivity index (χ3v) is 6.27. The summed E-state index contributed by atoms with van der Waals surface area (Å²) in [7, 11) is 0. The van der Waals surface area contributed by atoms with Crippen molar-refractivity contribution in [3.05, 3.63) is 0 Å². The van der Waals surface area contributed by atoms with Gasteiger partial charge < -0.3 is 10.4 Å². The average molecular weight is 298 g/mol. The number of hydrogen-bond donors (Lipinski definition) is 2. The molecular weight excluding hydrogens is 276 g/mol. The van der Waals surface area contributed by atoms with Gasteiger partial charge in [-0.1, -0.05) is 13.3 Å². The van der Waals surface area contributed by atoms with Gasteiger partial charge in [-0.25, -0.2) is 9.59 Å². The van der Waals surface area contributed by atoms with Crippen molar-refractivity contribution in [1.29, 1.82) is 0 Å². The van der Waals surface area contributed by atoms with Crippen LogP contribution < -0.4 is 5.32 Å². The molecule has 1 saturated heterocycles. The van der Waals surface area contributed by atoms with Crippen LogP contribution in [0.15, 0.2) is 0 Å². The van der Waals surface area contributed by atoms with Crippen LogP contribution in [0.1, 0.15) is 39.0 Å². The summed E-state index contributed by atoms with van der Waals surface area (Å²) in [6.45, 7) is 2.85. The van der Waals surface area contributed by atoms with Crippen LogP contribution in [0.5, 0.6) is 0 Å². The van der Waals surface area contributed by atoms with E-state index < -0.39 is 12.0 Å². The fourth-order valence-corrected chi connectivity index (χ4v) is 4.69. The van der Waals surface area contributed by atoms with E-state index in [-0.39, 0.29) is 16.8 Å². The third kappa shape index (κ3) is 2.62. The first-order chi connectivity index (χ1) is 9.50. The van der Waals surface area contributed by atoms with Crippen LogP contribution in [-0.4, -0.2) is 45.7 Å². The summed E-state index contributed by atoms with van der Waals surface area (Å²) in [6, 6.07) is -0.854. The van der Waals surface area contributed by atoms with Crippen molar-refractivity contribution in [2.45, 2.75) is 50.4 Å². The van der Waals surface area contributed by atoms with Gasteiger partial charge in [-0.3, -0.25) is 4.90 Å². The van der Waals surface area contributed by atoms with Crippen molar-refractivity contribution in [3.8, 4) is 0 Å². The SMILES string of the molecule is CC1(CNC(=O)N2C(C(=O)O)CSC2C2CC2)CCC1. The van der Waals surface area contributed by atoms with Gasteiger partial charge >= 0.3 is 12.0 Å². The molecule has 0 aromatic carbocycles. The zero-order chi connectivity index (χ0) is 14.3. The monoisotopic (exact) mass is 298 g/mol. The molecule has 2 atom stereocenters. The minimum absolute atomic E-state index is 0.0605. The van der Waals surface area contributed by atoms with Crippen LogP contribution in [0.4, 0.5) is 4.79 Å². The number of carboxylic acid groups (broad SMARTS) is 1. The molecule has 5 nitrogen and oxygen atoms in total. The molecule has 0 aromatic heterocycles. The quantitative estimate of drug-likeness (QED) is 0.834. The van der Waals surface area contributed by atoms with Crippen LogP contribution in [-0.2, 0) is 4.79 Å². The average Bonchev–Trinajstić information content (AvgIpc) is 3.12. The van der Waals surface area contributed by atoms with E-state index in [2.05, 4.69) is 12.2 Å². The standard InChI is InChI=1S/C14H22N2O3S/c1-14(5-2-6-14)8-15-13(19)16-10(12(17)18)7-20-11(16)9-3-4-9/h9-11H,2-8H2,1H3,(H,15,19)(H,17,18). The molecule has 1 heterocycles. The predicted octanol–water partition coefficient (Wildman–Crippen LogP) is 2.12. The van der Waals surface area contributed by atoms with Gasteiger partial charge in [-0.2, -0.15) is 0 Å². The minimum Gasteiger partial charge on any atom is -0.480 e. The maximum Gasteiger partial charge on any atom is 0.327 e. The Labute approximate surface area is 123 Å². The molecule has 2 unspecified atom stereocenters. The molecule has 1 aliphatic heterocycles. The second-order valence-electron chi connectivity index (χ2n) is 6.65. The normalized spacial score (nSPS) is 31.8. The third-order valence-electron chi connectivity index (χ3n) is 4.81. The lowest BCUT2D eigenvalue weighted by molar-refractivity contribution is -0.141. The summed E-state index contributed by atoms with van der Waals surface area (Å²) in [5.74, 6) is 0.126. The number of nitrogens with one attached hydrogen (secondary N) is 1. The predicted molar refractivity (Wildman–Crippen MR) is 77.6 cm³/mol. The molecule has 2 aliphatic carbocycles.